The molecule has 3 aliphatic rings. The van der Waals surface area contributed by atoms with Crippen LogP contribution in [0, 0.1) is 24.2 Å². The number of fused-ring (bicyclic) bond motifs is 1. The molecule has 0 amide bonds. The predicted octanol–water partition coefficient (Wildman–Crippen LogP) is 5.37. The van der Waals surface area contributed by atoms with Crippen molar-refractivity contribution in [3.8, 4) is 0 Å². The van der Waals surface area contributed by atoms with E-state index in [4.69, 9.17) is 10.4 Å². The Morgan fingerprint density at radius 3 is 2.29 bits per heavy atom. The van der Waals surface area contributed by atoms with E-state index in [1.807, 2.05) is 0 Å². The molecule has 2 aliphatic carbocycles. The van der Waals surface area contributed by atoms with E-state index in [0.717, 1.165) is 17.8 Å². The van der Waals surface area contributed by atoms with Crippen LogP contribution in [0.5, 0.6) is 0 Å². The van der Waals surface area contributed by atoms with Crippen LogP contribution in [-0.4, -0.2) is 23.5 Å². The largest absolute Gasteiger partial charge is 0.661 e. The molecule has 141 valence electrons. The molecule has 1 heterocycles. The average Bonchev–Trinajstić information content (AvgIpc) is 2.54. The zero-order valence-corrected chi connectivity index (χ0v) is 17.6. The summed E-state index contributed by atoms with van der Waals surface area (Å²) in [5.41, 5.74) is 0. The first-order valence-corrected chi connectivity index (χ1v) is 9.44. The molecule has 1 saturated heterocycles. The van der Waals surface area contributed by atoms with Crippen LogP contribution in [0.4, 0.5) is 0 Å². The number of hydrogen-bond acceptors (Lipinski definition) is 2. The monoisotopic (exact) mass is 512 g/mol. The molecule has 3 nitrogen and oxygen atoms in total. The summed E-state index contributed by atoms with van der Waals surface area (Å²) in [4.78, 5) is 10.0. The van der Waals surface area contributed by atoms with Crippen LogP contribution in [0.15, 0.2) is 11.8 Å². The number of rotatable bonds is 2. The van der Waals surface area contributed by atoms with Crippen molar-refractivity contribution in [1.29, 1.82) is 0 Å². The number of allylic oxidation sites excluding steroid dienone is 2. The third-order valence-electron chi connectivity index (χ3n) is 5.55. The summed E-state index contributed by atoms with van der Waals surface area (Å²) in [6, 6.07) is 0.708. The molecule has 1 N–H and O–H groups in total. The Kier molecular flexibility index (Phi) is 10.4. The van der Waals surface area contributed by atoms with Crippen LogP contribution in [0.25, 0.3) is 5.32 Å². The van der Waals surface area contributed by atoms with Gasteiger partial charge in [0.15, 0.2) is 5.78 Å². The van der Waals surface area contributed by atoms with Gasteiger partial charge in [-0.05, 0) is 19.8 Å². The molecular weight excluding hydrogens is 478 g/mol. The van der Waals surface area contributed by atoms with Gasteiger partial charge in [-0.3, -0.25) is 4.79 Å². The van der Waals surface area contributed by atoms with E-state index >= 15 is 0 Å². The van der Waals surface area contributed by atoms with Gasteiger partial charge in [0.05, 0.1) is 5.76 Å². The minimum absolute atomic E-state index is 0. The maximum atomic E-state index is 10.0. The van der Waals surface area contributed by atoms with Crippen LogP contribution in [0.1, 0.15) is 71.6 Å². The normalized spacial score (nSPS) is 33.3. The molecule has 4 atom stereocenters. The average molecular weight is 512 g/mol. The van der Waals surface area contributed by atoms with Crippen LogP contribution >= 0.6 is 0 Å². The van der Waals surface area contributed by atoms with E-state index in [1.165, 1.54) is 84.3 Å². The topological polar surface area (TPSA) is 51.4 Å². The molecule has 24 heavy (non-hydrogen) atoms. The second-order valence-corrected chi connectivity index (χ2v) is 7.55. The van der Waals surface area contributed by atoms with E-state index in [-0.39, 0.29) is 31.6 Å². The van der Waals surface area contributed by atoms with Crippen molar-refractivity contribution in [3.63, 3.8) is 0 Å². The smallest absolute Gasteiger partial charge is 0.155 e. The number of aliphatic hydroxyl groups excluding tert-OH is 1. The van der Waals surface area contributed by atoms with E-state index in [9.17, 15) is 4.79 Å². The van der Waals surface area contributed by atoms with Gasteiger partial charge >= 0.3 is 0 Å². The summed E-state index contributed by atoms with van der Waals surface area (Å²) in [6.07, 6.45) is 16.7. The molecule has 4 unspecified atom stereocenters. The second-order valence-electron chi connectivity index (χ2n) is 7.55. The van der Waals surface area contributed by atoms with Gasteiger partial charge in [-0.1, -0.05) is 57.3 Å². The Balaban J connectivity index is 0.000000312. The number of ketones is 1. The molecule has 0 spiro atoms. The van der Waals surface area contributed by atoms with Crippen LogP contribution in [0.2, 0.25) is 0 Å². The Morgan fingerprint density at radius 2 is 1.75 bits per heavy atom. The third-order valence-corrected chi connectivity index (χ3v) is 5.55. The Bertz CT molecular complexity index is 398. The quantitative estimate of drug-likeness (QED) is 0.308. The van der Waals surface area contributed by atoms with Gasteiger partial charge in [-0.15, -0.1) is 6.54 Å². The van der Waals surface area contributed by atoms with Crippen molar-refractivity contribution in [2.24, 2.45) is 17.8 Å². The molecule has 1 radical (unpaired) electrons. The van der Waals surface area contributed by atoms with Gasteiger partial charge in [0, 0.05) is 26.2 Å². The fourth-order valence-corrected chi connectivity index (χ4v) is 4.42. The molecule has 2 saturated carbocycles. The molecule has 0 aromatic carbocycles. The number of aliphatic hydroxyl groups is 1. The summed E-state index contributed by atoms with van der Waals surface area (Å²) in [5.74, 6) is 2.78. The predicted molar refractivity (Wildman–Crippen MR) is 95.4 cm³/mol. The Hall–Kier alpha value is -0.181. The molecular formula is C20H33IrNO2-2. The van der Waals surface area contributed by atoms with Crippen molar-refractivity contribution < 1.29 is 30.0 Å². The minimum atomic E-state index is -0.125. The number of hydrogen-bond donors (Lipinski definition) is 1. The van der Waals surface area contributed by atoms with Gasteiger partial charge in [0.25, 0.3) is 0 Å². The fraction of sp³-hybridized carbons (Fsp3) is 0.800. The van der Waals surface area contributed by atoms with Crippen LogP contribution < -0.4 is 0 Å². The van der Waals surface area contributed by atoms with Gasteiger partial charge < -0.3 is 16.8 Å². The summed E-state index contributed by atoms with van der Waals surface area (Å²) < 4.78 is 0. The second kappa shape index (κ2) is 11.4. The molecule has 1 aliphatic heterocycles. The first-order valence-electron chi connectivity index (χ1n) is 9.44. The van der Waals surface area contributed by atoms with Gasteiger partial charge in [0.2, 0.25) is 0 Å². The number of nitrogens with zero attached hydrogens (tertiary/aromatic N) is 1. The van der Waals surface area contributed by atoms with Crippen molar-refractivity contribution in [2.75, 3.05) is 6.54 Å². The zero-order chi connectivity index (χ0) is 16.7. The number of piperidine rings is 1. The summed E-state index contributed by atoms with van der Waals surface area (Å²) in [5, 5.41) is 13.4. The SMILES string of the molecule is CC(=O)/C=C(/C)O.[CH-]1CCCCC1C1CC2CCCCC2C[N-]1.[Ir]. The zero-order valence-electron chi connectivity index (χ0n) is 15.2. The molecule has 4 heteroatoms. The van der Waals surface area contributed by atoms with Gasteiger partial charge in [-0.25, -0.2) is 0 Å². The Labute approximate surface area is 161 Å². The molecule has 3 fully saturated rings. The van der Waals surface area contributed by atoms with Crippen LogP contribution in [-0.2, 0) is 24.9 Å². The van der Waals surface area contributed by atoms with Crippen molar-refractivity contribution in [1.82, 2.24) is 0 Å². The van der Waals surface area contributed by atoms with Crippen molar-refractivity contribution in [3.05, 3.63) is 23.6 Å². The van der Waals surface area contributed by atoms with E-state index in [0.29, 0.717) is 6.04 Å². The molecule has 3 rings (SSSR count). The molecule has 0 aromatic rings. The number of carbonyl (C=O) groups is 1. The first kappa shape index (κ1) is 21.9. The summed E-state index contributed by atoms with van der Waals surface area (Å²) in [7, 11) is 0. The minimum Gasteiger partial charge on any atom is -0.661 e. The maximum absolute atomic E-state index is 10.0. The molecule has 0 bridgehead atoms. The summed E-state index contributed by atoms with van der Waals surface area (Å²) in [6.45, 7) is 4.04. The summed E-state index contributed by atoms with van der Waals surface area (Å²) >= 11 is 0. The third kappa shape index (κ3) is 7.37. The fourth-order valence-electron chi connectivity index (χ4n) is 4.42. The molecule has 0 aromatic heterocycles. The number of carbonyl (C=O) groups excluding carboxylic acids is 1. The van der Waals surface area contributed by atoms with Gasteiger partial charge in [-0.2, -0.15) is 18.4 Å². The van der Waals surface area contributed by atoms with Gasteiger partial charge in [0.1, 0.15) is 0 Å². The standard InChI is InChI=1S/C15H25N.C5H8O2.Ir/c1-2-6-12(7-3-1)15-10-13-8-4-5-9-14(13)11-16-15;1-4(6)3-5(2)7;/h6,12-15H,1-5,7-11H2;3,6H,1-2H3;/q-2;;/b;4-3-;. The van der Waals surface area contributed by atoms with Crippen LogP contribution in [0.3, 0.4) is 0 Å². The van der Waals surface area contributed by atoms with E-state index in [2.05, 4.69) is 6.42 Å². The first-order chi connectivity index (χ1) is 11.1. The Morgan fingerprint density at radius 1 is 1.08 bits per heavy atom. The van der Waals surface area contributed by atoms with Crippen molar-refractivity contribution >= 4 is 5.78 Å². The van der Waals surface area contributed by atoms with E-state index < -0.39 is 0 Å². The van der Waals surface area contributed by atoms with E-state index in [1.54, 1.807) is 0 Å². The van der Waals surface area contributed by atoms with Crippen molar-refractivity contribution in [2.45, 2.75) is 77.7 Å². The maximum Gasteiger partial charge on any atom is 0.155 e.